The van der Waals surface area contributed by atoms with Gasteiger partial charge in [-0.3, -0.25) is 4.79 Å². The minimum Gasteiger partial charge on any atom is -0.339 e. The van der Waals surface area contributed by atoms with E-state index in [1.165, 1.54) is 0 Å². The largest absolute Gasteiger partial charge is 0.339 e. The number of rotatable bonds is 6. The molecule has 0 bridgehead atoms. The van der Waals surface area contributed by atoms with Gasteiger partial charge in [-0.15, -0.1) is 0 Å². The molecule has 0 saturated heterocycles. The van der Waals surface area contributed by atoms with Crippen molar-refractivity contribution < 1.29 is 9.59 Å². The van der Waals surface area contributed by atoms with Gasteiger partial charge in [0, 0.05) is 37.9 Å². The normalized spacial score (nSPS) is 10.3. The Kier molecular flexibility index (Phi) is 6.78. The molecule has 5 nitrogen and oxygen atoms in total. The highest BCUT2D eigenvalue weighted by Crippen LogP contribution is 2.15. The monoisotopic (exact) mass is 353 g/mol. The second-order valence-electron chi connectivity index (χ2n) is 6.27. The third-order valence-electron chi connectivity index (χ3n) is 4.43. The summed E-state index contributed by atoms with van der Waals surface area (Å²) in [5.41, 5.74) is 3.45. The average molecular weight is 353 g/mol. The first-order valence-electron chi connectivity index (χ1n) is 8.92. The van der Waals surface area contributed by atoms with Crippen molar-refractivity contribution in [3.05, 3.63) is 65.2 Å². The van der Waals surface area contributed by atoms with Crippen LogP contribution in [0.2, 0.25) is 0 Å². The lowest BCUT2D eigenvalue weighted by atomic mass is 10.1. The van der Waals surface area contributed by atoms with E-state index in [0.717, 1.165) is 11.1 Å². The van der Waals surface area contributed by atoms with Gasteiger partial charge in [-0.05, 0) is 50.1 Å². The number of anilines is 1. The van der Waals surface area contributed by atoms with Crippen molar-refractivity contribution in [1.82, 2.24) is 9.80 Å². The molecule has 1 N–H and O–H groups in total. The second kappa shape index (κ2) is 9.04. The fourth-order valence-corrected chi connectivity index (χ4v) is 2.76. The van der Waals surface area contributed by atoms with E-state index in [1.54, 1.807) is 41.1 Å². The smallest absolute Gasteiger partial charge is 0.321 e. The van der Waals surface area contributed by atoms with E-state index in [4.69, 9.17) is 0 Å². The zero-order valence-electron chi connectivity index (χ0n) is 16.0. The predicted molar refractivity (Wildman–Crippen MR) is 105 cm³/mol. The SMILES string of the molecule is CCN(CC)C(=O)c1cccc(NC(=O)N(C)Cc2ccccc2C)c1. The molecule has 0 aliphatic carbocycles. The summed E-state index contributed by atoms with van der Waals surface area (Å²) >= 11 is 0. The van der Waals surface area contributed by atoms with Crippen LogP contribution in [0, 0.1) is 6.92 Å². The minimum atomic E-state index is -0.208. The number of benzene rings is 2. The molecular weight excluding hydrogens is 326 g/mol. The molecule has 0 saturated carbocycles. The van der Waals surface area contributed by atoms with E-state index in [-0.39, 0.29) is 11.9 Å². The van der Waals surface area contributed by atoms with Gasteiger partial charge in [-0.25, -0.2) is 4.79 Å². The molecule has 0 fully saturated rings. The number of nitrogens with zero attached hydrogens (tertiary/aromatic N) is 2. The van der Waals surface area contributed by atoms with Crippen molar-refractivity contribution in [2.75, 3.05) is 25.5 Å². The lowest BCUT2D eigenvalue weighted by molar-refractivity contribution is 0.0773. The molecule has 0 spiro atoms. The molecule has 0 heterocycles. The molecule has 0 atom stereocenters. The van der Waals surface area contributed by atoms with Crippen LogP contribution in [0.15, 0.2) is 48.5 Å². The second-order valence-corrected chi connectivity index (χ2v) is 6.27. The van der Waals surface area contributed by atoms with Gasteiger partial charge in [0.15, 0.2) is 0 Å². The number of urea groups is 1. The highest BCUT2D eigenvalue weighted by molar-refractivity contribution is 5.96. The minimum absolute atomic E-state index is 0.0284. The van der Waals surface area contributed by atoms with E-state index in [9.17, 15) is 9.59 Å². The third kappa shape index (κ3) is 4.85. The summed E-state index contributed by atoms with van der Waals surface area (Å²) in [6.07, 6.45) is 0. The lowest BCUT2D eigenvalue weighted by Gasteiger charge is -2.20. The molecule has 0 aromatic heterocycles. The molecule has 0 radical (unpaired) electrons. The molecule has 2 aromatic carbocycles. The molecule has 2 aromatic rings. The number of hydrogen-bond acceptors (Lipinski definition) is 2. The summed E-state index contributed by atoms with van der Waals surface area (Å²) < 4.78 is 0. The molecule has 0 aliphatic heterocycles. The van der Waals surface area contributed by atoms with Gasteiger partial charge in [-0.1, -0.05) is 30.3 Å². The summed E-state index contributed by atoms with van der Waals surface area (Å²) in [6, 6.07) is 14.9. The third-order valence-corrected chi connectivity index (χ3v) is 4.43. The van der Waals surface area contributed by atoms with E-state index >= 15 is 0 Å². The van der Waals surface area contributed by atoms with Crippen LogP contribution in [0.1, 0.15) is 35.3 Å². The van der Waals surface area contributed by atoms with Crippen molar-refractivity contribution in [3.63, 3.8) is 0 Å². The van der Waals surface area contributed by atoms with Gasteiger partial charge >= 0.3 is 6.03 Å². The topological polar surface area (TPSA) is 52.7 Å². The summed E-state index contributed by atoms with van der Waals surface area (Å²) in [5, 5.41) is 2.87. The number of nitrogens with one attached hydrogen (secondary N) is 1. The van der Waals surface area contributed by atoms with Gasteiger partial charge in [0.2, 0.25) is 0 Å². The highest BCUT2D eigenvalue weighted by Gasteiger charge is 2.14. The number of hydrogen-bond donors (Lipinski definition) is 1. The highest BCUT2D eigenvalue weighted by atomic mass is 16.2. The fourth-order valence-electron chi connectivity index (χ4n) is 2.76. The van der Waals surface area contributed by atoms with Crippen LogP contribution in [0.5, 0.6) is 0 Å². The van der Waals surface area contributed by atoms with Crippen molar-refractivity contribution in [3.8, 4) is 0 Å². The quantitative estimate of drug-likeness (QED) is 0.848. The standard InChI is InChI=1S/C21H27N3O2/c1-5-24(6-2)20(25)17-12-9-13-19(14-17)22-21(26)23(4)15-18-11-8-7-10-16(18)3/h7-14H,5-6,15H2,1-4H3,(H,22,26). The van der Waals surface area contributed by atoms with Crippen molar-refractivity contribution in [2.45, 2.75) is 27.3 Å². The van der Waals surface area contributed by atoms with Crippen molar-refractivity contribution in [1.29, 1.82) is 0 Å². The van der Waals surface area contributed by atoms with E-state index < -0.39 is 0 Å². The Bertz CT molecular complexity index is 769. The molecule has 2 rings (SSSR count). The van der Waals surface area contributed by atoms with Crippen LogP contribution in [-0.4, -0.2) is 41.9 Å². The number of aryl methyl sites for hydroxylation is 1. The molecule has 3 amide bonds. The Morgan fingerprint density at radius 2 is 1.69 bits per heavy atom. The predicted octanol–water partition coefficient (Wildman–Crippen LogP) is 4.14. The number of amides is 3. The summed E-state index contributed by atoms with van der Waals surface area (Å²) in [5.74, 6) is -0.0284. The van der Waals surface area contributed by atoms with Crippen molar-refractivity contribution in [2.24, 2.45) is 0 Å². The Morgan fingerprint density at radius 1 is 1.00 bits per heavy atom. The summed E-state index contributed by atoms with van der Waals surface area (Å²) in [6.45, 7) is 7.78. The van der Waals surface area contributed by atoms with Crippen LogP contribution in [0.3, 0.4) is 0 Å². The molecule has 138 valence electrons. The number of carbonyl (C=O) groups excluding carboxylic acids is 2. The Morgan fingerprint density at radius 3 is 2.35 bits per heavy atom. The Labute approximate surface area is 155 Å². The van der Waals surface area contributed by atoms with Crippen LogP contribution in [-0.2, 0) is 6.54 Å². The van der Waals surface area contributed by atoms with E-state index in [2.05, 4.69) is 5.32 Å². The number of carbonyl (C=O) groups is 2. The fraction of sp³-hybridized carbons (Fsp3) is 0.333. The first kappa shape index (κ1) is 19.5. The zero-order valence-corrected chi connectivity index (χ0v) is 16.0. The van der Waals surface area contributed by atoms with Gasteiger partial charge in [0.1, 0.15) is 0 Å². The van der Waals surface area contributed by atoms with E-state index in [0.29, 0.717) is 30.9 Å². The molecule has 0 unspecified atom stereocenters. The van der Waals surface area contributed by atoms with Crippen LogP contribution >= 0.6 is 0 Å². The lowest BCUT2D eigenvalue weighted by Crippen LogP contribution is -2.32. The maximum atomic E-state index is 12.5. The van der Waals surface area contributed by atoms with Crippen LogP contribution < -0.4 is 5.32 Å². The summed E-state index contributed by atoms with van der Waals surface area (Å²) in [4.78, 5) is 28.3. The summed E-state index contributed by atoms with van der Waals surface area (Å²) in [7, 11) is 1.76. The van der Waals surface area contributed by atoms with E-state index in [1.807, 2.05) is 45.0 Å². The first-order valence-corrected chi connectivity index (χ1v) is 8.92. The molecule has 5 heteroatoms. The van der Waals surface area contributed by atoms with Gasteiger partial charge in [-0.2, -0.15) is 0 Å². The maximum absolute atomic E-state index is 12.5. The Balaban J connectivity index is 2.06. The zero-order chi connectivity index (χ0) is 19.1. The van der Waals surface area contributed by atoms with Crippen molar-refractivity contribution >= 4 is 17.6 Å². The average Bonchev–Trinajstić information content (AvgIpc) is 2.64. The first-order chi connectivity index (χ1) is 12.5. The van der Waals surface area contributed by atoms with Gasteiger partial charge in [0.05, 0.1) is 0 Å². The van der Waals surface area contributed by atoms with Crippen LogP contribution in [0.4, 0.5) is 10.5 Å². The van der Waals surface area contributed by atoms with Gasteiger partial charge < -0.3 is 15.1 Å². The molecule has 26 heavy (non-hydrogen) atoms. The Hall–Kier alpha value is -2.82. The van der Waals surface area contributed by atoms with Gasteiger partial charge in [0.25, 0.3) is 5.91 Å². The molecule has 0 aliphatic rings. The molecular formula is C21H27N3O2. The van der Waals surface area contributed by atoms with Crippen LogP contribution in [0.25, 0.3) is 0 Å². The maximum Gasteiger partial charge on any atom is 0.321 e.